The standard InChI is InChI=1S/C19H38O5Si/c1-8-10-19(20)21-11-9-12-25(22-13-16(2)3,23-14-17(4)5)24-15-18(6)7/h8,10,16-18H,9,11-15H2,1-7H3. The summed E-state index contributed by atoms with van der Waals surface area (Å²) in [5.74, 6) is 0.906. The van der Waals surface area contributed by atoms with Crippen LogP contribution >= 0.6 is 0 Å². The van der Waals surface area contributed by atoms with Gasteiger partial charge in [0, 0.05) is 31.9 Å². The first-order valence-corrected chi connectivity index (χ1v) is 11.3. The summed E-state index contributed by atoms with van der Waals surface area (Å²) >= 11 is 0. The Labute approximate surface area is 155 Å². The molecule has 5 nitrogen and oxygen atoms in total. The number of carbonyl (C=O) groups is 1. The number of hydrogen-bond acceptors (Lipinski definition) is 5. The van der Waals surface area contributed by atoms with Crippen LogP contribution in [-0.2, 0) is 22.8 Å². The minimum absolute atomic E-state index is 0.316. The number of hydrogen-bond donors (Lipinski definition) is 0. The molecular formula is C19H38O5Si. The van der Waals surface area contributed by atoms with Crippen molar-refractivity contribution >= 4 is 14.8 Å². The molecule has 0 aromatic rings. The van der Waals surface area contributed by atoms with E-state index in [1.54, 1.807) is 13.0 Å². The van der Waals surface area contributed by atoms with E-state index in [1.165, 1.54) is 6.08 Å². The van der Waals surface area contributed by atoms with Gasteiger partial charge in [0.05, 0.1) is 6.61 Å². The summed E-state index contributed by atoms with van der Waals surface area (Å²) in [6, 6.07) is 0.655. The second kappa shape index (κ2) is 13.5. The largest absolute Gasteiger partial charge is 0.501 e. The van der Waals surface area contributed by atoms with Gasteiger partial charge in [0.25, 0.3) is 0 Å². The zero-order chi connectivity index (χ0) is 19.3. The summed E-state index contributed by atoms with van der Waals surface area (Å²) in [5.41, 5.74) is 0. The summed E-state index contributed by atoms with van der Waals surface area (Å²) in [6.07, 6.45) is 3.76. The molecule has 0 unspecified atom stereocenters. The lowest BCUT2D eigenvalue weighted by molar-refractivity contribution is -0.137. The molecule has 0 amide bonds. The lowest BCUT2D eigenvalue weighted by Gasteiger charge is -2.32. The molecule has 0 atom stereocenters. The molecule has 0 aliphatic heterocycles. The molecule has 0 aromatic carbocycles. The highest BCUT2D eigenvalue weighted by molar-refractivity contribution is 6.60. The van der Waals surface area contributed by atoms with Crippen LogP contribution in [0.5, 0.6) is 0 Å². The molecule has 0 heterocycles. The predicted octanol–water partition coefficient (Wildman–Crippen LogP) is 4.45. The van der Waals surface area contributed by atoms with Gasteiger partial charge in [0.15, 0.2) is 0 Å². The van der Waals surface area contributed by atoms with E-state index >= 15 is 0 Å². The fourth-order valence-corrected chi connectivity index (χ4v) is 4.89. The van der Waals surface area contributed by atoms with Crippen LogP contribution in [0.25, 0.3) is 0 Å². The Kier molecular flexibility index (Phi) is 13.1. The maximum Gasteiger partial charge on any atom is 0.501 e. The van der Waals surface area contributed by atoms with Crippen LogP contribution in [0.1, 0.15) is 54.9 Å². The Morgan fingerprint density at radius 1 is 0.880 bits per heavy atom. The molecule has 0 radical (unpaired) electrons. The topological polar surface area (TPSA) is 54.0 Å². The van der Waals surface area contributed by atoms with Gasteiger partial charge in [0.2, 0.25) is 0 Å². The van der Waals surface area contributed by atoms with E-state index < -0.39 is 8.80 Å². The molecule has 0 aliphatic rings. The van der Waals surface area contributed by atoms with Gasteiger partial charge < -0.3 is 18.0 Å². The molecule has 25 heavy (non-hydrogen) atoms. The first kappa shape index (κ1) is 24.3. The minimum Gasteiger partial charge on any atom is -0.463 e. The van der Waals surface area contributed by atoms with Crippen molar-refractivity contribution in [1.82, 2.24) is 0 Å². The second-order valence-corrected chi connectivity index (χ2v) is 10.3. The van der Waals surface area contributed by atoms with Crippen molar-refractivity contribution < 1.29 is 22.8 Å². The third kappa shape index (κ3) is 13.2. The molecule has 0 rings (SSSR count). The number of allylic oxidation sites excluding steroid dienone is 1. The highest BCUT2D eigenvalue weighted by Gasteiger charge is 2.41. The van der Waals surface area contributed by atoms with Crippen LogP contribution < -0.4 is 0 Å². The van der Waals surface area contributed by atoms with E-state index in [0.717, 1.165) is 0 Å². The molecule has 0 spiro atoms. The Morgan fingerprint density at radius 3 is 1.68 bits per heavy atom. The van der Waals surface area contributed by atoms with Gasteiger partial charge in [-0.15, -0.1) is 0 Å². The number of esters is 1. The van der Waals surface area contributed by atoms with Crippen LogP contribution in [0.2, 0.25) is 6.04 Å². The molecule has 0 saturated heterocycles. The Bertz CT molecular complexity index is 349. The highest BCUT2D eigenvalue weighted by atomic mass is 28.4. The van der Waals surface area contributed by atoms with Crippen LogP contribution in [-0.4, -0.2) is 41.2 Å². The van der Waals surface area contributed by atoms with Crippen molar-refractivity contribution in [2.75, 3.05) is 26.4 Å². The maximum absolute atomic E-state index is 11.4. The molecule has 0 bridgehead atoms. The SMILES string of the molecule is CC=CC(=O)OCCC[Si](OCC(C)C)(OCC(C)C)OCC(C)C. The molecule has 148 valence electrons. The van der Waals surface area contributed by atoms with Crippen molar-refractivity contribution in [2.24, 2.45) is 17.8 Å². The lowest BCUT2D eigenvalue weighted by atomic mass is 10.2. The summed E-state index contributed by atoms with van der Waals surface area (Å²) in [6.45, 7) is 16.7. The molecule has 6 heteroatoms. The van der Waals surface area contributed by atoms with Crippen LogP contribution in [0.4, 0.5) is 0 Å². The van der Waals surface area contributed by atoms with E-state index in [0.29, 0.717) is 56.6 Å². The Morgan fingerprint density at radius 2 is 1.32 bits per heavy atom. The average Bonchev–Trinajstić information content (AvgIpc) is 2.52. The fourth-order valence-electron chi connectivity index (χ4n) is 1.87. The monoisotopic (exact) mass is 374 g/mol. The Hall–Kier alpha value is -0.693. The normalized spacial score (nSPS) is 12.7. The van der Waals surface area contributed by atoms with Crippen molar-refractivity contribution in [3.8, 4) is 0 Å². The highest BCUT2D eigenvalue weighted by Crippen LogP contribution is 2.21. The van der Waals surface area contributed by atoms with E-state index in [2.05, 4.69) is 41.5 Å². The molecule has 0 aliphatic carbocycles. The molecule has 0 N–H and O–H groups in total. The fraction of sp³-hybridized carbons (Fsp3) is 0.842. The van der Waals surface area contributed by atoms with E-state index in [1.807, 2.05) is 0 Å². The number of carbonyl (C=O) groups excluding carboxylic acids is 1. The van der Waals surface area contributed by atoms with E-state index in [9.17, 15) is 4.79 Å². The number of rotatable bonds is 14. The zero-order valence-corrected chi connectivity index (χ0v) is 18.2. The lowest BCUT2D eigenvalue weighted by Crippen LogP contribution is -2.48. The Balaban J connectivity index is 4.84. The minimum atomic E-state index is -2.78. The van der Waals surface area contributed by atoms with Crippen molar-refractivity contribution in [3.63, 3.8) is 0 Å². The van der Waals surface area contributed by atoms with E-state index in [-0.39, 0.29) is 5.97 Å². The molecule has 0 fully saturated rings. The smallest absolute Gasteiger partial charge is 0.463 e. The predicted molar refractivity (Wildman–Crippen MR) is 103 cm³/mol. The van der Waals surface area contributed by atoms with Gasteiger partial charge in [-0.05, 0) is 31.1 Å². The maximum atomic E-state index is 11.4. The van der Waals surface area contributed by atoms with Gasteiger partial charge >= 0.3 is 14.8 Å². The van der Waals surface area contributed by atoms with Crippen LogP contribution in [0.3, 0.4) is 0 Å². The van der Waals surface area contributed by atoms with Crippen molar-refractivity contribution in [1.29, 1.82) is 0 Å². The molecule has 0 saturated carbocycles. The summed E-state index contributed by atoms with van der Waals surface area (Å²) in [4.78, 5) is 11.4. The van der Waals surface area contributed by atoms with Crippen LogP contribution in [0, 0.1) is 17.8 Å². The first-order valence-electron chi connectivity index (χ1n) is 9.42. The van der Waals surface area contributed by atoms with Crippen molar-refractivity contribution in [2.45, 2.75) is 60.9 Å². The quantitative estimate of drug-likeness (QED) is 0.194. The summed E-state index contributed by atoms with van der Waals surface area (Å²) < 4.78 is 23.7. The van der Waals surface area contributed by atoms with Gasteiger partial charge in [-0.25, -0.2) is 4.79 Å². The van der Waals surface area contributed by atoms with Gasteiger partial charge in [-0.2, -0.15) is 0 Å². The molecule has 0 aromatic heterocycles. The zero-order valence-electron chi connectivity index (χ0n) is 17.2. The number of ether oxygens (including phenoxy) is 1. The third-order valence-electron chi connectivity index (χ3n) is 3.08. The average molecular weight is 375 g/mol. The summed E-state index contributed by atoms with van der Waals surface area (Å²) in [5, 5.41) is 0. The summed E-state index contributed by atoms with van der Waals surface area (Å²) in [7, 11) is -2.78. The van der Waals surface area contributed by atoms with Gasteiger partial charge in [-0.3, -0.25) is 0 Å². The van der Waals surface area contributed by atoms with E-state index in [4.69, 9.17) is 18.0 Å². The second-order valence-electron chi connectivity index (χ2n) is 7.57. The van der Waals surface area contributed by atoms with Crippen molar-refractivity contribution in [3.05, 3.63) is 12.2 Å². The van der Waals surface area contributed by atoms with Crippen LogP contribution in [0.15, 0.2) is 12.2 Å². The van der Waals surface area contributed by atoms with Gasteiger partial charge in [0.1, 0.15) is 0 Å². The first-order chi connectivity index (χ1) is 11.7. The molecular weight excluding hydrogens is 336 g/mol. The van der Waals surface area contributed by atoms with Gasteiger partial charge in [-0.1, -0.05) is 47.6 Å². The third-order valence-corrected chi connectivity index (χ3v) is 5.87.